The zero-order valence-corrected chi connectivity index (χ0v) is 15.8. The first-order valence-electron chi connectivity index (χ1n) is 9.26. The van der Waals surface area contributed by atoms with E-state index in [-0.39, 0.29) is 5.91 Å². The summed E-state index contributed by atoms with van der Waals surface area (Å²) in [5.74, 6) is 0.747. The van der Waals surface area contributed by atoms with Gasteiger partial charge in [-0.25, -0.2) is 4.68 Å². The Morgan fingerprint density at radius 3 is 2.67 bits per heavy atom. The Bertz CT molecular complexity index is 888. The molecule has 27 heavy (non-hydrogen) atoms. The molecule has 0 aliphatic rings. The van der Waals surface area contributed by atoms with Crippen molar-refractivity contribution in [1.29, 1.82) is 0 Å². The zero-order chi connectivity index (χ0) is 19.1. The molecule has 1 aromatic heterocycles. The number of amides is 1. The number of nitrogens with one attached hydrogen (secondary N) is 1. The quantitative estimate of drug-likeness (QED) is 0.662. The third kappa shape index (κ3) is 4.56. The second-order valence-electron chi connectivity index (χ2n) is 6.36. The van der Waals surface area contributed by atoms with E-state index in [0.717, 1.165) is 42.0 Å². The van der Waals surface area contributed by atoms with E-state index in [4.69, 9.17) is 4.74 Å². The van der Waals surface area contributed by atoms with Gasteiger partial charge in [0.05, 0.1) is 30.3 Å². The molecule has 0 saturated heterocycles. The molecular weight excluding hydrogens is 338 g/mol. The molecule has 5 heteroatoms. The molecule has 2 aromatic carbocycles. The zero-order valence-electron chi connectivity index (χ0n) is 15.8. The fourth-order valence-electron chi connectivity index (χ4n) is 3.08. The lowest BCUT2D eigenvalue weighted by Crippen LogP contribution is -2.26. The molecule has 3 aromatic rings. The van der Waals surface area contributed by atoms with Gasteiger partial charge in [0.15, 0.2) is 0 Å². The normalized spacial score (nSPS) is 10.6. The summed E-state index contributed by atoms with van der Waals surface area (Å²) in [5, 5.41) is 7.47. The molecule has 3 rings (SSSR count). The van der Waals surface area contributed by atoms with Gasteiger partial charge in [-0.05, 0) is 42.7 Å². The van der Waals surface area contributed by atoms with Crippen LogP contribution in [0.2, 0.25) is 0 Å². The molecule has 0 unspecified atom stereocenters. The summed E-state index contributed by atoms with van der Waals surface area (Å²) in [6.07, 6.45) is 4.16. The van der Waals surface area contributed by atoms with Crippen LogP contribution in [0.5, 0.6) is 5.75 Å². The first-order valence-corrected chi connectivity index (χ1v) is 9.26. The second-order valence-corrected chi connectivity index (χ2v) is 6.36. The van der Waals surface area contributed by atoms with Crippen molar-refractivity contribution in [3.8, 4) is 11.4 Å². The number of methoxy groups -OCH3 is 1. The molecule has 1 heterocycles. The minimum atomic E-state index is -0.0801. The number of rotatable bonds is 8. The number of carbonyl (C=O) groups is 1. The molecule has 140 valence electrons. The molecule has 0 aliphatic heterocycles. The van der Waals surface area contributed by atoms with Crippen LogP contribution in [0.25, 0.3) is 5.69 Å². The van der Waals surface area contributed by atoms with Gasteiger partial charge >= 0.3 is 0 Å². The van der Waals surface area contributed by atoms with Gasteiger partial charge in [-0.3, -0.25) is 4.79 Å². The van der Waals surface area contributed by atoms with Crippen LogP contribution >= 0.6 is 0 Å². The van der Waals surface area contributed by atoms with Crippen LogP contribution in [0.1, 0.15) is 35.0 Å². The Balaban J connectivity index is 1.70. The van der Waals surface area contributed by atoms with Crippen molar-refractivity contribution in [2.24, 2.45) is 0 Å². The van der Waals surface area contributed by atoms with Gasteiger partial charge < -0.3 is 10.1 Å². The lowest BCUT2D eigenvalue weighted by Gasteiger charge is -2.10. The van der Waals surface area contributed by atoms with E-state index in [1.165, 1.54) is 0 Å². The standard InChI is InChI=1S/C22H25N3O2/c1-3-8-21-20(16-24-25(21)18-10-5-4-6-11-18)22(26)23-14-13-17-9-7-12-19(15-17)27-2/h4-7,9-12,15-16H,3,8,13-14H2,1-2H3,(H,23,26). The summed E-state index contributed by atoms with van der Waals surface area (Å²) < 4.78 is 7.10. The molecule has 0 atom stereocenters. The summed E-state index contributed by atoms with van der Waals surface area (Å²) in [4.78, 5) is 12.7. The summed E-state index contributed by atoms with van der Waals surface area (Å²) in [5.41, 5.74) is 3.69. The Morgan fingerprint density at radius 1 is 1.11 bits per heavy atom. The summed E-state index contributed by atoms with van der Waals surface area (Å²) >= 11 is 0. The van der Waals surface area contributed by atoms with E-state index in [1.54, 1.807) is 13.3 Å². The van der Waals surface area contributed by atoms with Crippen molar-refractivity contribution in [2.75, 3.05) is 13.7 Å². The van der Waals surface area contributed by atoms with Gasteiger partial charge in [0.25, 0.3) is 5.91 Å². The highest BCUT2D eigenvalue weighted by atomic mass is 16.5. The molecule has 0 saturated carbocycles. The number of hydrogen-bond donors (Lipinski definition) is 1. The molecule has 0 aliphatic carbocycles. The van der Waals surface area contributed by atoms with Crippen LogP contribution < -0.4 is 10.1 Å². The number of hydrogen-bond acceptors (Lipinski definition) is 3. The van der Waals surface area contributed by atoms with Crippen LogP contribution in [-0.2, 0) is 12.8 Å². The van der Waals surface area contributed by atoms with E-state index < -0.39 is 0 Å². The SMILES string of the molecule is CCCc1c(C(=O)NCCc2cccc(OC)c2)cnn1-c1ccccc1. The maximum Gasteiger partial charge on any atom is 0.254 e. The highest BCUT2D eigenvalue weighted by Gasteiger charge is 2.17. The first kappa shape index (κ1) is 18.7. The third-order valence-electron chi connectivity index (χ3n) is 4.43. The van der Waals surface area contributed by atoms with Gasteiger partial charge in [-0.2, -0.15) is 5.10 Å². The summed E-state index contributed by atoms with van der Waals surface area (Å²) in [6, 6.07) is 17.8. The molecule has 1 N–H and O–H groups in total. The Kier molecular flexibility index (Phi) is 6.26. The number of aromatic nitrogens is 2. The number of carbonyl (C=O) groups excluding carboxylic acids is 1. The number of benzene rings is 2. The Hall–Kier alpha value is -3.08. The number of para-hydroxylation sites is 1. The summed E-state index contributed by atoms with van der Waals surface area (Å²) in [7, 11) is 1.65. The monoisotopic (exact) mass is 363 g/mol. The van der Waals surface area contributed by atoms with Crippen molar-refractivity contribution in [3.63, 3.8) is 0 Å². The molecule has 0 radical (unpaired) electrons. The number of nitrogens with zero attached hydrogens (tertiary/aromatic N) is 2. The number of ether oxygens (including phenoxy) is 1. The Morgan fingerprint density at radius 2 is 1.93 bits per heavy atom. The highest BCUT2D eigenvalue weighted by molar-refractivity contribution is 5.95. The molecule has 5 nitrogen and oxygen atoms in total. The van der Waals surface area contributed by atoms with Crippen molar-refractivity contribution in [1.82, 2.24) is 15.1 Å². The van der Waals surface area contributed by atoms with Gasteiger partial charge in [-0.1, -0.05) is 43.7 Å². The van der Waals surface area contributed by atoms with Crippen LogP contribution in [0.3, 0.4) is 0 Å². The van der Waals surface area contributed by atoms with Crippen molar-refractivity contribution in [3.05, 3.63) is 77.6 Å². The average molecular weight is 363 g/mol. The fourth-order valence-corrected chi connectivity index (χ4v) is 3.08. The van der Waals surface area contributed by atoms with Crippen LogP contribution in [0.4, 0.5) is 0 Å². The van der Waals surface area contributed by atoms with Gasteiger partial charge in [-0.15, -0.1) is 0 Å². The maximum absolute atomic E-state index is 12.7. The molecular formula is C22H25N3O2. The van der Waals surface area contributed by atoms with Crippen LogP contribution in [-0.4, -0.2) is 29.3 Å². The average Bonchev–Trinajstić information content (AvgIpc) is 3.13. The minimum absolute atomic E-state index is 0.0801. The van der Waals surface area contributed by atoms with E-state index in [9.17, 15) is 4.79 Å². The fraction of sp³-hybridized carbons (Fsp3) is 0.273. The van der Waals surface area contributed by atoms with Crippen molar-refractivity contribution >= 4 is 5.91 Å². The van der Waals surface area contributed by atoms with E-state index in [2.05, 4.69) is 17.3 Å². The van der Waals surface area contributed by atoms with Crippen molar-refractivity contribution in [2.45, 2.75) is 26.2 Å². The predicted octanol–water partition coefficient (Wildman–Crippen LogP) is 3.81. The highest BCUT2D eigenvalue weighted by Crippen LogP contribution is 2.17. The smallest absolute Gasteiger partial charge is 0.254 e. The van der Waals surface area contributed by atoms with Crippen LogP contribution in [0.15, 0.2) is 60.8 Å². The summed E-state index contributed by atoms with van der Waals surface area (Å²) in [6.45, 7) is 2.67. The molecule has 0 spiro atoms. The molecule has 0 fully saturated rings. The molecule has 1 amide bonds. The Labute approximate surface area is 160 Å². The van der Waals surface area contributed by atoms with Gasteiger partial charge in [0, 0.05) is 6.54 Å². The van der Waals surface area contributed by atoms with E-state index in [1.807, 2.05) is 59.3 Å². The van der Waals surface area contributed by atoms with Gasteiger partial charge in [0.1, 0.15) is 5.75 Å². The maximum atomic E-state index is 12.7. The van der Waals surface area contributed by atoms with Gasteiger partial charge in [0.2, 0.25) is 0 Å². The van der Waals surface area contributed by atoms with Crippen LogP contribution in [0, 0.1) is 0 Å². The lowest BCUT2D eigenvalue weighted by atomic mass is 10.1. The third-order valence-corrected chi connectivity index (χ3v) is 4.43. The topological polar surface area (TPSA) is 56.1 Å². The second kappa shape index (κ2) is 9.03. The largest absolute Gasteiger partial charge is 0.497 e. The first-order chi connectivity index (χ1) is 13.2. The lowest BCUT2D eigenvalue weighted by molar-refractivity contribution is 0.0953. The molecule has 0 bridgehead atoms. The minimum Gasteiger partial charge on any atom is -0.497 e. The van der Waals surface area contributed by atoms with E-state index >= 15 is 0 Å². The van der Waals surface area contributed by atoms with E-state index in [0.29, 0.717) is 12.1 Å². The van der Waals surface area contributed by atoms with Crippen molar-refractivity contribution < 1.29 is 9.53 Å². The predicted molar refractivity (Wildman–Crippen MR) is 107 cm³/mol.